The van der Waals surface area contributed by atoms with E-state index >= 15 is 0 Å². The van der Waals surface area contributed by atoms with E-state index in [4.69, 9.17) is 0 Å². The largest absolute Gasteiger partial charge is 0.392 e. The topological polar surface area (TPSA) is 23.5 Å². The lowest BCUT2D eigenvalue weighted by Crippen LogP contribution is -2.30. The molecule has 2 aliphatic carbocycles. The highest BCUT2D eigenvalue weighted by molar-refractivity contribution is 4.92. The molecule has 4 atom stereocenters. The number of fused-ring (bicyclic) bond motifs is 2. The van der Waals surface area contributed by atoms with Crippen molar-refractivity contribution in [3.05, 3.63) is 0 Å². The predicted octanol–water partition coefficient (Wildman–Crippen LogP) is 1.49. The highest BCUT2D eigenvalue weighted by Gasteiger charge is 2.40. The lowest BCUT2D eigenvalue weighted by atomic mass is 9.88. The summed E-state index contributed by atoms with van der Waals surface area (Å²) in [5, 5.41) is 9.46. The molecule has 3 aliphatic rings. The van der Waals surface area contributed by atoms with Gasteiger partial charge in [0.05, 0.1) is 6.10 Å². The number of likely N-dealkylation sites (tertiary alicyclic amines) is 1. The Kier molecular flexibility index (Phi) is 2.29. The van der Waals surface area contributed by atoms with E-state index < -0.39 is 0 Å². The van der Waals surface area contributed by atoms with E-state index in [1.165, 1.54) is 32.2 Å². The SMILES string of the molecule is O[C@H]1CCN(CC2CC3CCC2C3)C1. The fraction of sp³-hybridized carbons (Fsp3) is 1.00. The molecule has 3 rings (SSSR count). The molecular formula is C12H21NO. The summed E-state index contributed by atoms with van der Waals surface area (Å²) in [7, 11) is 0. The minimum Gasteiger partial charge on any atom is -0.392 e. The Morgan fingerprint density at radius 3 is 2.64 bits per heavy atom. The fourth-order valence-electron chi connectivity index (χ4n) is 3.91. The zero-order valence-electron chi connectivity index (χ0n) is 8.86. The number of nitrogens with zero attached hydrogens (tertiary/aromatic N) is 1. The summed E-state index contributed by atoms with van der Waals surface area (Å²) < 4.78 is 0. The van der Waals surface area contributed by atoms with Crippen molar-refractivity contribution in [1.29, 1.82) is 0 Å². The quantitative estimate of drug-likeness (QED) is 0.721. The van der Waals surface area contributed by atoms with Crippen LogP contribution in [0.5, 0.6) is 0 Å². The maximum Gasteiger partial charge on any atom is 0.0679 e. The molecule has 3 unspecified atom stereocenters. The summed E-state index contributed by atoms with van der Waals surface area (Å²) in [6.07, 6.45) is 6.96. The first-order valence-corrected chi connectivity index (χ1v) is 6.21. The lowest BCUT2D eigenvalue weighted by Gasteiger charge is -2.26. The van der Waals surface area contributed by atoms with Gasteiger partial charge < -0.3 is 10.0 Å². The van der Waals surface area contributed by atoms with Gasteiger partial charge in [0.25, 0.3) is 0 Å². The van der Waals surface area contributed by atoms with Gasteiger partial charge in [0, 0.05) is 19.6 Å². The van der Waals surface area contributed by atoms with Crippen LogP contribution in [0.2, 0.25) is 0 Å². The molecule has 0 aromatic carbocycles. The zero-order valence-corrected chi connectivity index (χ0v) is 8.86. The molecule has 0 radical (unpaired) electrons. The molecule has 0 aromatic heterocycles. The predicted molar refractivity (Wildman–Crippen MR) is 56.0 cm³/mol. The van der Waals surface area contributed by atoms with Crippen LogP contribution in [0.25, 0.3) is 0 Å². The van der Waals surface area contributed by atoms with Crippen LogP contribution in [0, 0.1) is 17.8 Å². The van der Waals surface area contributed by atoms with Crippen LogP contribution in [-0.4, -0.2) is 35.7 Å². The first kappa shape index (κ1) is 9.17. The number of aliphatic hydroxyl groups excluding tert-OH is 1. The van der Waals surface area contributed by atoms with E-state index in [1.807, 2.05) is 0 Å². The second-order valence-corrected chi connectivity index (χ2v) is 5.64. The molecular weight excluding hydrogens is 174 g/mol. The van der Waals surface area contributed by atoms with Crippen molar-refractivity contribution >= 4 is 0 Å². The van der Waals surface area contributed by atoms with Crippen LogP contribution in [0.15, 0.2) is 0 Å². The molecule has 1 aliphatic heterocycles. The van der Waals surface area contributed by atoms with Gasteiger partial charge in [-0.1, -0.05) is 6.42 Å². The molecule has 3 fully saturated rings. The number of β-amino-alcohol motifs (C(OH)–C–C–N with tert-alkyl or cyclic N) is 1. The molecule has 2 bridgehead atoms. The highest BCUT2D eigenvalue weighted by Crippen LogP contribution is 2.48. The second-order valence-electron chi connectivity index (χ2n) is 5.64. The minimum absolute atomic E-state index is 0.0337. The van der Waals surface area contributed by atoms with Gasteiger partial charge in [0.1, 0.15) is 0 Å². The van der Waals surface area contributed by atoms with E-state index in [0.717, 1.165) is 37.3 Å². The van der Waals surface area contributed by atoms with Gasteiger partial charge in [0.2, 0.25) is 0 Å². The summed E-state index contributed by atoms with van der Waals surface area (Å²) in [4.78, 5) is 2.48. The summed E-state index contributed by atoms with van der Waals surface area (Å²) in [5.74, 6) is 3.08. The number of hydrogen-bond donors (Lipinski definition) is 1. The third kappa shape index (κ3) is 1.59. The molecule has 80 valence electrons. The first-order chi connectivity index (χ1) is 6.81. The second kappa shape index (κ2) is 3.49. The Morgan fingerprint density at radius 2 is 2.07 bits per heavy atom. The standard InChI is InChI=1S/C12H21NO/c14-12-3-4-13(8-12)7-11-6-9-1-2-10(11)5-9/h9-12,14H,1-8H2/t9?,10?,11?,12-/m0/s1. The van der Waals surface area contributed by atoms with E-state index in [1.54, 1.807) is 0 Å². The van der Waals surface area contributed by atoms with Crippen LogP contribution in [0.1, 0.15) is 32.1 Å². The van der Waals surface area contributed by atoms with E-state index in [9.17, 15) is 5.11 Å². The molecule has 14 heavy (non-hydrogen) atoms. The molecule has 0 amide bonds. The van der Waals surface area contributed by atoms with Gasteiger partial charge in [-0.3, -0.25) is 0 Å². The Bertz CT molecular complexity index is 218. The van der Waals surface area contributed by atoms with Crippen molar-refractivity contribution in [1.82, 2.24) is 4.90 Å². The van der Waals surface area contributed by atoms with Crippen LogP contribution in [0.3, 0.4) is 0 Å². The molecule has 1 heterocycles. The van der Waals surface area contributed by atoms with Gasteiger partial charge in [-0.2, -0.15) is 0 Å². The molecule has 2 heteroatoms. The number of aliphatic hydroxyl groups is 1. The summed E-state index contributed by atoms with van der Waals surface area (Å²) >= 11 is 0. The van der Waals surface area contributed by atoms with Gasteiger partial charge in [0.15, 0.2) is 0 Å². The maximum absolute atomic E-state index is 9.46. The van der Waals surface area contributed by atoms with Crippen LogP contribution in [-0.2, 0) is 0 Å². The minimum atomic E-state index is -0.0337. The van der Waals surface area contributed by atoms with E-state index in [0.29, 0.717) is 0 Å². The van der Waals surface area contributed by atoms with Crippen molar-refractivity contribution in [3.63, 3.8) is 0 Å². The lowest BCUT2D eigenvalue weighted by molar-refractivity contribution is 0.160. The molecule has 0 aromatic rings. The summed E-state index contributed by atoms with van der Waals surface area (Å²) in [5.41, 5.74) is 0. The van der Waals surface area contributed by atoms with Crippen molar-refractivity contribution < 1.29 is 5.11 Å². The fourth-order valence-corrected chi connectivity index (χ4v) is 3.91. The molecule has 2 saturated carbocycles. The first-order valence-electron chi connectivity index (χ1n) is 6.21. The van der Waals surface area contributed by atoms with E-state index in [2.05, 4.69) is 4.90 Å². The van der Waals surface area contributed by atoms with Gasteiger partial charge in [-0.15, -0.1) is 0 Å². The zero-order chi connectivity index (χ0) is 9.54. The number of hydrogen-bond acceptors (Lipinski definition) is 2. The normalized spacial score (nSPS) is 47.8. The van der Waals surface area contributed by atoms with Crippen LogP contribution < -0.4 is 0 Å². The summed E-state index contributed by atoms with van der Waals surface area (Å²) in [6, 6.07) is 0. The Hall–Kier alpha value is -0.0800. The average molecular weight is 195 g/mol. The van der Waals surface area contributed by atoms with Gasteiger partial charge >= 0.3 is 0 Å². The van der Waals surface area contributed by atoms with Gasteiger partial charge in [-0.05, 0) is 43.4 Å². The highest BCUT2D eigenvalue weighted by atomic mass is 16.3. The monoisotopic (exact) mass is 195 g/mol. The third-order valence-electron chi connectivity index (χ3n) is 4.62. The average Bonchev–Trinajstić information content (AvgIpc) is 2.82. The molecule has 2 nitrogen and oxygen atoms in total. The third-order valence-corrected chi connectivity index (χ3v) is 4.62. The van der Waals surface area contributed by atoms with Crippen LogP contribution in [0.4, 0.5) is 0 Å². The molecule has 1 saturated heterocycles. The number of rotatable bonds is 2. The smallest absolute Gasteiger partial charge is 0.0679 e. The Balaban J connectivity index is 1.53. The summed E-state index contributed by atoms with van der Waals surface area (Å²) in [6.45, 7) is 3.35. The van der Waals surface area contributed by atoms with Crippen molar-refractivity contribution in [2.75, 3.05) is 19.6 Å². The molecule has 0 spiro atoms. The van der Waals surface area contributed by atoms with Crippen molar-refractivity contribution in [2.24, 2.45) is 17.8 Å². The van der Waals surface area contributed by atoms with Crippen LogP contribution >= 0.6 is 0 Å². The Labute approximate surface area is 86.3 Å². The molecule has 1 N–H and O–H groups in total. The maximum atomic E-state index is 9.46. The van der Waals surface area contributed by atoms with Crippen molar-refractivity contribution in [3.8, 4) is 0 Å². The van der Waals surface area contributed by atoms with Crippen molar-refractivity contribution in [2.45, 2.75) is 38.2 Å². The van der Waals surface area contributed by atoms with Gasteiger partial charge in [-0.25, -0.2) is 0 Å². The van der Waals surface area contributed by atoms with E-state index in [-0.39, 0.29) is 6.10 Å². The Morgan fingerprint density at radius 1 is 1.14 bits per heavy atom.